The maximum absolute atomic E-state index is 12.3. The molecule has 1 N–H and O–H groups in total. The van der Waals surface area contributed by atoms with E-state index in [2.05, 4.69) is 17.1 Å². The zero-order chi connectivity index (χ0) is 13.5. The van der Waals surface area contributed by atoms with E-state index < -0.39 is 0 Å². The van der Waals surface area contributed by atoms with Crippen LogP contribution in [0.5, 0.6) is 0 Å². The molecular formula is C15H28N2O2. The lowest BCUT2D eigenvalue weighted by Gasteiger charge is -2.26. The minimum absolute atomic E-state index is 0.275. The van der Waals surface area contributed by atoms with Gasteiger partial charge in [0.1, 0.15) is 0 Å². The largest absolute Gasteiger partial charge is 0.381 e. The molecule has 1 saturated carbocycles. The molecule has 1 amide bonds. The molecule has 4 nitrogen and oxygen atoms in total. The summed E-state index contributed by atoms with van der Waals surface area (Å²) in [6.07, 6.45) is 6.62. The molecule has 0 bridgehead atoms. The molecule has 0 aromatic rings. The Kier molecular flexibility index (Phi) is 6.11. The first kappa shape index (κ1) is 14.8. The van der Waals surface area contributed by atoms with Gasteiger partial charge in [0.2, 0.25) is 5.91 Å². The van der Waals surface area contributed by atoms with Crippen LogP contribution in [0, 0.1) is 5.92 Å². The average molecular weight is 268 g/mol. The summed E-state index contributed by atoms with van der Waals surface area (Å²) in [5.74, 6) is 1.04. The summed E-state index contributed by atoms with van der Waals surface area (Å²) in [6.45, 7) is 6.39. The number of rotatable bonds is 9. The Balaban J connectivity index is 1.72. The normalized spacial score (nSPS) is 22.7. The lowest BCUT2D eigenvalue weighted by Crippen LogP contribution is -2.42. The first-order chi connectivity index (χ1) is 9.29. The number of nitrogens with zero attached hydrogens (tertiary/aromatic N) is 1. The number of ether oxygens (including phenoxy) is 1. The molecule has 1 unspecified atom stereocenters. The van der Waals surface area contributed by atoms with Crippen molar-refractivity contribution in [2.45, 2.75) is 51.5 Å². The van der Waals surface area contributed by atoms with Gasteiger partial charge in [-0.1, -0.05) is 6.92 Å². The van der Waals surface area contributed by atoms with Crippen LogP contribution >= 0.6 is 0 Å². The third kappa shape index (κ3) is 5.49. The van der Waals surface area contributed by atoms with Gasteiger partial charge < -0.3 is 15.0 Å². The van der Waals surface area contributed by atoms with Crippen LogP contribution in [0.15, 0.2) is 0 Å². The molecule has 0 aromatic carbocycles. The van der Waals surface area contributed by atoms with E-state index in [0.717, 1.165) is 38.6 Å². The monoisotopic (exact) mass is 268 g/mol. The summed E-state index contributed by atoms with van der Waals surface area (Å²) < 4.78 is 5.43. The van der Waals surface area contributed by atoms with Crippen LogP contribution in [-0.2, 0) is 9.53 Å². The second-order valence-electron chi connectivity index (χ2n) is 5.90. The Labute approximate surface area is 116 Å². The van der Waals surface area contributed by atoms with E-state index >= 15 is 0 Å². The molecule has 2 aliphatic rings. The van der Waals surface area contributed by atoms with Gasteiger partial charge in [-0.3, -0.25) is 4.79 Å². The van der Waals surface area contributed by atoms with Gasteiger partial charge in [0, 0.05) is 25.7 Å². The number of amides is 1. The highest BCUT2D eigenvalue weighted by Gasteiger charge is 2.28. The van der Waals surface area contributed by atoms with Gasteiger partial charge in [0.05, 0.1) is 13.0 Å². The summed E-state index contributed by atoms with van der Waals surface area (Å²) >= 11 is 0. The fourth-order valence-electron chi connectivity index (χ4n) is 2.63. The van der Waals surface area contributed by atoms with E-state index in [-0.39, 0.29) is 5.91 Å². The molecule has 2 fully saturated rings. The SMILES string of the molecule is CCCOCCC(=O)N(CC1CC1)CC1CCCN1. The molecule has 1 saturated heterocycles. The fraction of sp³-hybridized carbons (Fsp3) is 0.933. The molecule has 4 heteroatoms. The third-order valence-electron chi connectivity index (χ3n) is 3.94. The van der Waals surface area contributed by atoms with Crippen molar-refractivity contribution < 1.29 is 9.53 Å². The van der Waals surface area contributed by atoms with Crippen molar-refractivity contribution in [3.8, 4) is 0 Å². The van der Waals surface area contributed by atoms with Crippen molar-refractivity contribution in [1.82, 2.24) is 10.2 Å². The van der Waals surface area contributed by atoms with Gasteiger partial charge >= 0.3 is 0 Å². The van der Waals surface area contributed by atoms with Gasteiger partial charge in [-0.15, -0.1) is 0 Å². The maximum atomic E-state index is 12.3. The lowest BCUT2D eigenvalue weighted by molar-refractivity contribution is -0.133. The number of hydrogen-bond acceptors (Lipinski definition) is 3. The Morgan fingerprint density at radius 2 is 2.11 bits per heavy atom. The van der Waals surface area contributed by atoms with E-state index in [1.807, 2.05) is 0 Å². The van der Waals surface area contributed by atoms with Crippen LogP contribution in [0.25, 0.3) is 0 Å². The summed E-state index contributed by atoms with van der Waals surface area (Å²) in [7, 11) is 0. The van der Waals surface area contributed by atoms with Crippen LogP contribution in [0.4, 0.5) is 0 Å². The van der Waals surface area contributed by atoms with Crippen molar-refractivity contribution in [2.75, 3.05) is 32.8 Å². The molecule has 1 aliphatic carbocycles. The van der Waals surface area contributed by atoms with Crippen LogP contribution in [0.2, 0.25) is 0 Å². The van der Waals surface area contributed by atoms with Gasteiger partial charge in [-0.25, -0.2) is 0 Å². The van der Waals surface area contributed by atoms with E-state index in [4.69, 9.17) is 4.74 Å². The van der Waals surface area contributed by atoms with Crippen LogP contribution in [0.1, 0.15) is 45.4 Å². The van der Waals surface area contributed by atoms with Crippen molar-refractivity contribution in [2.24, 2.45) is 5.92 Å². The Hall–Kier alpha value is -0.610. The molecule has 2 rings (SSSR count). The second kappa shape index (κ2) is 7.85. The zero-order valence-corrected chi connectivity index (χ0v) is 12.2. The average Bonchev–Trinajstić information content (AvgIpc) is 3.07. The van der Waals surface area contributed by atoms with E-state index in [9.17, 15) is 4.79 Å². The number of hydrogen-bond donors (Lipinski definition) is 1. The van der Waals surface area contributed by atoms with Crippen LogP contribution in [0.3, 0.4) is 0 Å². The first-order valence-corrected chi connectivity index (χ1v) is 7.88. The molecular weight excluding hydrogens is 240 g/mol. The molecule has 0 aromatic heterocycles. The molecule has 1 atom stereocenters. The van der Waals surface area contributed by atoms with Gasteiger partial charge in [0.15, 0.2) is 0 Å². The zero-order valence-electron chi connectivity index (χ0n) is 12.2. The van der Waals surface area contributed by atoms with Crippen molar-refractivity contribution >= 4 is 5.91 Å². The van der Waals surface area contributed by atoms with Gasteiger partial charge in [0.25, 0.3) is 0 Å². The predicted octanol–water partition coefficient (Wildman–Crippen LogP) is 1.79. The molecule has 0 spiro atoms. The van der Waals surface area contributed by atoms with Crippen molar-refractivity contribution in [3.05, 3.63) is 0 Å². The highest BCUT2D eigenvalue weighted by molar-refractivity contribution is 5.76. The van der Waals surface area contributed by atoms with Gasteiger partial charge in [-0.2, -0.15) is 0 Å². The molecule has 110 valence electrons. The van der Waals surface area contributed by atoms with Gasteiger partial charge in [-0.05, 0) is 44.6 Å². The minimum Gasteiger partial charge on any atom is -0.381 e. The van der Waals surface area contributed by atoms with E-state index in [1.165, 1.54) is 25.7 Å². The number of carbonyl (C=O) groups is 1. The molecule has 19 heavy (non-hydrogen) atoms. The fourth-order valence-corrected chi connectivity index (χ4v) is 2.63. The van der Waals surface area contributed by atoms with Crippen LogP contribution in [-0.4, -0.2) is 49.7 Å². The smallest absolute Gasteiger partial charge is 0.224 e. The number of nitrogens with one attached hydrogen (secondary N) is 1. The standard InChI is InChI=1S/C15H28N2O2/c1-2-9-19-10-7-15(18)17(11-13-5-6-13)12-14-4-3-8-16-14/h13-14,16H,2-12H2,1H3. The van der Waals surface area contributed by atoms with E-state index in [0.29, 0.717) is 19.1 Å². The summed E-state index contributed by atoms with van der Waals surface area (Å²) in [5.41, 5.74) is 0. The highest BCUT2D eigenvalue weighted by atomic mass is 16.5. The number of carbonyl (C=O) groups excluding carboxylic acids is 1. The maximum Gasteiger partial charge on any atom is 0.224 e. The van der Waals surface area contributed by atoms with Crippen molar-refractivity contribution in [1.29, 1.82) is 0 Å². The topological polar surface area (TPSA) is 41.6 Å². The molecule has 1 aliphatic heterocycles. The Morgan fingerprint density at radius 1 is 1.26 bits per heavy atom. The lowest BCUT2D eigenvalue weighted by atomic mass is 10.2. The Bertz CT molecular complexity index is 273. The minimum atomic E-state index is 0.275. The Morgan fingerprint density at radius 3 is 2.74 bits per heavy atom. The second-order valence-corrected chi connectivity index (χ2v) is 5.90. The third-order valence-corrected chi connectivity index (χ3v) is 3.94. The summed E-state index contributed by atoms with van der Waals surface area (Å²) in [6, 6.07) is 0.513. The summed E-state index contributed by atoms with van der Waals surface area (Å²) in [5, 5.41) is 3.49. The molecule has 0 radical (unpaired) electrons. The predicted molar refractivity (Wildman–Crippen MR) is 76.1 cm³/mol. The van der Waals surface area contributed by atoms with Crippen molar-refractivity contribution in [3.63, 3.8) is 0 Å². The molecule has 1 heterocycles. The highest BCUT2D eigenvalue weighted by Crippen LogP contribution is 2.30. The van der Waals surface area contributed by atoms with Crippen LogP contribution < -0.4 is 5.32 Å². The first-order valence-electron chi connectivity index (χ1n) is 7.88. The quantitative estimate of drug-likeness (QED) is 0.648. The van der Waals surface area contributed by atoms with E-state index in [1.54, 1.807) is 0 Å². The summed E-state index contributed by atoms with van der Waals surface area (Å²) in [4.78, 5) is 14.4.